The molecular weight excluding hydrogens is 367 g/mol. The lowest BCUT2D eigenvalue weighted by Crippen LogP contribution is -2.42. The largest absolute Gasteiger partial charge is 0.480 e. The fourth-order valence-corrected chi connectivity index (χ4v) is 3.83. The molecule has 0 saturated carbocycles. The minimum Gasteiger partial charge on any atom is -0.480 e. The summed E-state index contributed by atoms with van der Waals surface area (Å²) in [5.74, 6) is -1.16. The van der Waals surface area contributed by atoms with Gasteiger partial charge in [0.25, 0.3) is 0 Å². The molecule has 5 heteroatoms. The molecule has 146 valence electrons. The van der Waals surface area contributed by atoms with Crippen LogP contribution in [0.3, 0.4) is 0 Å². The number of ether oxygens (including phenoxy) is 1. The molecule has 1 aliphatic rings. The summed E-state index contributed by atoms with van der Waals surface area (Å²) in [7, 11) is 0. The third-order valence-corrected chi connectivity index (χ3v) is 5.22. The van der Waals surface area contributed by atoms with Crippen molar-refractivity contribution < 1.29 is 19.4 Å². The zero-order valence-electron chi connectivity index (χ0n) is 15.7. The van der Waals surface area contributed by atoms with Crippen LogP contribution in [0.2, 0.25) is 0 Å². The van der Waals surface area contributed by atoms with Crippen molar-refractivity contribution in [2.24, 2.45) is 0 Å². The van der Waals surface area contributed by atoms with Crippen molar-refractivity contribution >= 4 is 12.1 Å². The molecule has 4 rings (SSSR count). The molecule has 0 unspecified atom stereocenters. The standard InChI is InChI=1S/C24H21NO4/c26-23(27)22(14-16-8-2-1-3-9-16)25-24(28)29-15-21-19-12-6-4-10-17(19)18-11-5-7-13-20(18)21/h1-13,21-22H,14-15H2,(H,25,28)(H,26,27)/t22-/m0/s1/i22+1. The zero-order valence-corrected chi connectivity index (χ0v) is 15.7. The van der Waals surface area contributed by atoms with E-state index < -0.39 is 18.1 Å². The van der Waals surface area contributed by atoms with Crippen LogP contribution >= 0.6 is 0 Å². The van der Waals surface area contributed by atoms with E-state index in [1.54, 1.807) is 0 Å². The lowest BCUT2D eigenvalue weighted by Gasteiger charge is -2.17. The van der Waals surface area contributed by atoms with E-state index in [2.05, 4.69) is 17.4 Å². The summed E-state index contributed by atoms with van der Waals surface area (Å²) in [6, 6.07) is 24.3. The van der Waals surface area contributed by atoms with Gasteiger partial charge in [-0.05, 0) is 27.8 Å². The predicted molar refractivity (Wildman–Crippen MR) is 110 cm³/mol. The Balaban J connectivity index is 1.43. The monoisotopic (exact) mass is 388 g/mol. The molecule has 5 nitrogen and oxygen atoms in total. The van der Waals surface area contributed by atoms with Crippen LogP contribution in [0, 0.1) is 0 Å². The predicted octanol–water partition coefficient (Wildman–Crippen LogP) is 4.22. The molecule has 0 aliphatic heterocycles. The molecular formula is C24H21NO4. The fraction of sp³-hybridized carbons (Fsp3) is 0.167. The summed E-state index contributed by atoms with van der Waals surface area (Å²) in [6.45, 7) is 0.150. The Hall–Kier alpha value is -3.60. The number of benzene rings is 3. The van der Waals surface area contributed by atoms with Gasteiger partial charge in [-0.15, -0.1) is 0 Å². The highest BCUT2D eigenvalue weighted by molar-refractivity contribution is 5.81. The molecule has 1 amide bonds. The van der Waals surface area contributed by atoms with Crippen LogP contribution < -0.4 is 5.32 Å². The minimum absolute atomic E-state index is 0.0643. The van der Waals surface area contributed by atoms with Crippen LogP contribution in [0.1, 0.15) is 22.6 Å². The topological polar surface area (TPSA) is 75.6 Å². The van der Waals surface area contributed by atoms with Crippen LogP contribution in [0.25, 0.3) is 11.1 Å². The van der Waals surface area contributed by atoms with Crippen molar-refractivity contribution in [3.05, 3.63) is 95.6 Å². The van der Waals surface area contributed by atoms with Gasteiger partial charge < -0.3 is 15.2 Å². The van der Waals surface area contributed by atoms with Gasteiger partial charge in [0, 0.05) is 12.3 Å². The zero-order chi connectivity index (χ0) is 20.2. The van der Waals surface area contributed by atoms with Gasteiger partial charge in [-0.2, -0.15) is 0 Å². The number of carboxylic acid groups (broad SMARTS) is 1. The highest BCUT2D eigenvalue weighted by atomic mass is 16.6. The summed E-state index contributed by atoms with van der Waals surface area (Å²) in [4.78, 5) is 23.9. The average Bonchev–Trinajstić information content (AvgIpc) is 3.06. The first-order valence-corrected chi connectivity index (χ1v) is 9.51. The van der Waals surface area contributed by atoms with E-state index in [-0.39, 0.29) is 18.9 Å². The van der Waals surface area contributed by atoms with E-state index in [1.807, 2.05) is 66.7 Å². The molecule has 29 heavy (non-hydrogen) atoms. The normalized spacial score (nSPS) is 13.2. The molecule has 2 N–H and O–H groups in total. The van der Waals surface area contributed by atoms with Crippen molar-refractivity contribution in [3.63, 3.8) is 0 Å². The molecule has 3 aromatic rings. The fourth-order valence-electron chi connectivity index (χ4n) is 3.83. The van der Waals surface area contributed by atoms with Gasteiger partial charge in [-0.25, -0.2) is 9.59 Å². The summed E-state index contributed by atoms with van der Waals surface area (Å²) >= 11 is 0. The molecule has 0 heterocycles. The van der Waals surface area contributed by atoms with Crippen LogP contribution in [0.15, 0.2) is 78.9 Å². The first-order valence-electron chi connectivity index (χ1n) is 9.51. The van der Waals surface area contributed by atoms with Crippen LogP contribution in [-0.2, 0) is 16.0 Å². The Morgan fingerprint density at radius 1 is 0.862 bits per heavy atom. The number of carboxylic acids is 1. The molecule has 0 saturated heterocycles. The van der Waals surface area contributed by atoms with Gasteiger partial charge in [0.15, 0.2) is 0 Å². The Kier molecular flexibility index (Phi) is 5.29. The minimum atomic E-state index is -1.10. The SMILES string of the molecule is O=C(N[13C@@H](Cc1ccccc1)C(=O)O)OCC1c2ccccc2-c2ccccc21. The number of fused-ring (bicyclic) bond motifs is 3. The van der Waals surface area contributed by atoms with Crippen molar-refractivity contribution in [2.45, 2.75) is 18.4 Å². The van der Waals surface area contributed by atoms with E-state index in [1.165, 1.54) is 0 Å². The number of hydrogen-bond donors (Lipinski definition) is 2. The summed E-state index contributed by atoms with van der Waals surface area (Å²) in [5.41, 5.74) is 5.34. The third kappa shape index (κ3) is 3.99. The molecule has 3 aromatic carbocycles. The van der Waals surface area contributed by atoms with Crippen LogP contribution in [0.4, 0.5) is 4.79 Å². The Bertz CT molecular complexity index is 986. The van der Waals surface area contributed by atoms with Crippen molar-refractivity contribution in [1.82, 2.24) is 5.32 Å². The summed E-state index contributed by atoms with van der Waals surface area (Å²) in [5, 5.41) is 11.9. The number of rotatable bonds is 6. The number of hydrogen-bond acceptors (Lipinski definition) is 3. The maximum absolute atomic E-state index is 12.3. The second-order valence-corrected chi connectivity index (χ2v) is 7.05. The van der Waals surface area contributed by atoms with E-state index >= 15 is 0 Å². The number of alkyl carbamates (subject to hydrolysis) is 1. The molecule has 1 atom stereocenters. The highest BCUT2D eigenvalue weighted by Gasteiger charge is 2.29. The van der Waals surface area contributed by atoms with E-state index in [0.29, 0.717) is 0 Å². The molecule has 0 bridgehead atoms. The highest BCUT2D eigenvalue weighted by Crippen LogP contribution is 2.44. The number of aliphatic carboxylic acids is 1. The molecule has 0 spiro atoms. The molecule has 0 radical (unpaired) electrons. The number of carbonyl (C=O) groups is 2. The van der Waals surface area contributed by atoms with Crippen molar-refractivity contribution in [1.29, 1.82) is 0 Å². The maximum Gasteiger partial charge on any atom is 0.407 e. The quantitative estimate of drug-likeness (QED) is 0.620. The van der Waals surface area contributed by atoms with Crippen LogP contribution in [0.5, 0.6) is 0 Å². The second kappa shape index (κ2) is 8.19. The van der Waals surface area contributed by atoms with Gasteiger partial charge in [-0.1, -0.05) is 78.9 Å². The number of amides is 1. The van der Waals surface area contributed by atoms with Crippen molar-refractivity contribution in [3.8, 4) is 11.1 Å². The van der Waals surface area contributed by atoms with E-state index in [0.717, 1.165) is 27.8 Å². The summed E-state index contributed by atoms with van der Waals surface area (Å²) in [6.07, 6.45) is -0.532. The Morgan fingerprint density at radius 3 is 2.00 bits per heavy atom. The van der Waals surface area contributed by atoms with Gasteiger partial charge in [0.05, 0.1) is 0 Å². The van der Waals surface area contributed by atoms with Crippen LogP contribution in [-0.4, -0.2) is 29.8 Å². The van der Waals surface area contributed by atoms with Crippen molar-refractivity contribution in [2.75, 3.05) is 6.61 Å². The molecule has 1 aliphatic carbocycles. The summed E-state index contributed by atoms with van der Waals surface area (Å²) < 4.78 is 5.44. The van der Waals surface area contributed by atoms with E-state index in [4.69, 9.17) is 4.74 Å². The first kappa shape index (κ1) is 18.7. The first-order chi connectivity index (χ1) is 14.1. The number of nitrogens with one attached hydrogen (secondary N) is 1. The average molecular weight is 388 g/mol. The third-order valence-electron chi connectivity index (χ3n) is 5.22. The van der Waals surface area contributed by atoms with Gasteiger partial charge in [-0.3, -0.25) is 0 Å². The Labute approximate surface area is 169 Å². The van der Waals surface area contributed by atoms with Gasteiger partial charge >= 0.3 is 12.1 Å². The van der Waals surface area contributed by atoms with E-state index in [9.17, 15) is 14.7 Å². The lowest BCUT2D eigenvalue weighted by molar-refractivity contribution is -0.139. The maximum atomic E-state index is 12.3. The lowest BCUT2D eigenvalue weighted by atomic mass is 9.98. The molecule has 0 aromatic heterocycles. The van der Waals surface area contributed by atoms with Gasteiger partial charge in [0.2, 0.25) is 0 Å². The second-order valence-electron chi connectivity index (χ2n) is 7.05. The smallest absolute Gasteiger partial charge is 0.407 e. The van der Waals surface area contributed by atoms with Gasteiger partial charge in [0.1, 0.15) is 12.6 Å². The molecule has 0 fully saturated rings. The Morgan fingerprint density at radius 2 is 1.41 bits per heavy atom. The number of carbonyl (C=O) groups excluding carboxylic acids is 1.